The largest absolute Gasteiger partial charge is 0.480 e. The Hall–Kier alpha value is -1.40. The monoisotopic (exact) mass is 337 g/mol. The second kappa shape index (κ2) is 5.31. The van der Waals surface area contributed by atoms with E-state index in [2.05, 4.69) is 9.97 Å². The summed E-state index contributed by atoms with van der Waals surface area (Å²) in [6, 6.07) is -0.0362. The Morgan fingerprint density at radius 2 is 2.09 bits per heavy atom. The molecule has 1 aromatic rings. The second-order valence-corrected chi connectivity index (χ2v) is 7.61. The van der Waals surface area contributed by atoms with Crippen LogP contribution in [-0.2, 0) is 0 Å². The number of ether oxygens (including phenoxy) is 1. The molecule has 23 heavy (non-hydrogen) atoms. The van der Waals surface area contributed by atoms with Gasteiger partial charge >= 0.3 is 0 Å². The normalized spacial score (nSPS) is 37.7. The molecule has 4 aliphatic carbocycles. The van der Waals surface area contributed by atoms with Gasteiger partial charge in [0, 0.05) is 18.0 Å². The van der Waals surface area contributed by atoms with Gasteiger partial charge in [-0.2, -0.15) is 0 Å². The molecule has 124 valence electrons. The predicted molar refractivity (Wildman–Crippen MR) is 82.9 cm³/mol. The van der Waals surface area contributed by atoms with Crippen LogP contribution in [0.15, 0.2) is 12.5 Å². The molecule has 0 radical (unpaired) electrons. The molecular formula is C16H20ClN3O3. The molecule has 4 saturated carbocycles. The lowest BCUT2D eigenvalue weighted by Gasteiger charge is -2.58. The number of methoxy groups -OCH3 is 1. The molecular weight excluding hydrogens is 318 g/mol. The molecule has 0 spiro atoms. The second-order valence-electron chi connectivity index (χ2n) is 7.25. The van der Waals surface area contributed by atoms with Crippen LogP contribution in [0.5, 0.6) is 5.88 Å². The molecule has 1 aromatic heterocycles. The number of amides is 1. The Morgan fingerprint density at radius 3 is 2.70 bits per heavy atom. The van der Waals surface area contributed by atoms with Gasteiger partial charge in [-0.1, -0.05) is 0 Å². The van der Waals surface area contributed by atoms with Crippen LogP contribution >= 0.6 is 11.8 Å². The Morgan fingerprint density at radius 1 is 1.39 bits per heavy atom. The van der Waals surface area contributed by atoms with Crippen LogP contribution in [0.4, 0.5) is 0 Å². The smallest absolute Gasteiger partial charge is 0.275 e. The summed E-state index contributed by atoms with van der Waals surface area (Å²) in [4.78, 5) is 20.7. The van der Waals surface area contributed by atoms with Gasteiger partial charge < -0.3 is 9.84 Å². The van der Waals surface area contributed by atoms with Gasteiger partial charge in [-0.05, 0) is 49.9 Å². The standard InChI is InChI=1S/C16H20ClN3O3/c1-23-14-12(7-18-8-19-14)15(21)20(17)13-10-2-9-3-11(13)6-16(22,4-9)5-10/h7-11,13,22H,2-6H2,1H3. The topological polar surface area (TPSA) is 75.6 Å². The van der Waals surface area contributed by atoms with E-state index in [4.69, 9.17) is 16.5 Å². The molecule has 5 rings (SSSR count). The van der Waals surface area contributed by atoms with Gasteiger partial charge in [0.05, 0.1) is 18.8 Å². The number of nitrogens with zero attached hydrogens (tertiary/aromatic N) is 3. The first-order chi connectivity index (χ1) is 11.0. The van der Waals surface area contributed by atoms with Gasteiger partial charge in [0.1, 0.15) is 11.9 Å². The maximum Gasteiger partial charge on any atom is 0.275 e. The van der Waals surface area contributed by atoms with Gasteiger partial charge in [0.15, 0.2) is 0 Å². The lowest BCUT2D eigenvalue weighted by atomic mass is 9.52. The molecule has 6 nitrogen and oxygen atoms in total. The van der Waals surface area contributed by atoms with E-state index in [-0.39, 0.29) is 35.2 Å². The summed E-state index contributed by atoms with van der Waals surface area (Å²) < 4.78 is 6.46. The zero-order chi connectivity index (χ0) is 16.2. The van der Waals surface area contributed by atoms with Crippen LogP contribution < -0.4 is 4.74 Å². The molecule has 0 aromatic carbocycles. The third-order valence-corrected chi connectivity index (χ3v) is 6.13. The molecule has 0 aliphatic heterocycles. The van der Waals surface area contributed by atoms with Crippen molar-refractivity contribution in [2.45, 2.75) is 43.7 Å². The number of aromatic nitrogens is 2. The van der Waals surface area contributed by atoms with E-state index in [0.29, 0.717) is 5.92 Å². The molecule has 4 aliphatic rings. The maximum absolute atomic E-state index is 12.8. The van der Waals surface area contributed by atoms with E-state index in [1.54, 1.807) is 0 Å². The van der Waals surface area contributed by atoms with Crippen molar-refractivity contribution in [2.24, 2.45) is 17.8 Å². The molecule has 1 amide bonds. The molecule has 2 atom stereocenters. The minimum absolute atomic E-state index is 0.0362. The molecule has 1 N–H and O–H groups in total. The minimum atomic E-state index is -0.540. The SMILES string of the molecule is COc1ncncc1C(=O)N(Cl)C1C2CC3CC1CC(O)(C3)C2. The van der Waals surface area contributed by atoms with Crippen LogP contribution in [-0.4, -0.2) is 44.2 Å². The fourth-order valence-corrected chi connectivity index (χ4v) is 5.61. The number of rotatable bonds is 3. The molecule has 7 heteroatoms. The quantitative estimate of drug-likeness (QED) is 0.854. The average molecular weight is 338 g/mol. The van der Waals surface area contributed by atoms with Crippen molar-refractivity contribution in [1.82, 2.24) is 14.4 Å². The average Bonchev–Trinajstić information content (AvgIpc) is 2.52. The maximum atomic E-state index is 12.8. The molecule has 2 unspecified atom stereocenters. The van der Waals surface area contributed by atoms with E-state index in [0.717, 1.165) is 32.1 Å². The summed E-state index contributed by atoms with van der Waals surface area (Å²) in [7, 11) is 1.47. The summed E-state index contributed by atoms with van der Waals surface area (Å²) in [5.74, 6) is 1.02. The third kappa shape index (κ3) is 2.39. The van der Waals surface area contributed by atoms with Crippen LogP contribution in [0.1, 0.15) is 42.5 Å². The summed E-state index contributed by atoms with van der Waals surface area (Å²) >= 11 is 6.47. The van der Waals surface area contributed by atoms with Gasteiger partial charge in [-0.25, -0.2) is 14.4 Å². The summed E-state index contributed by atoms with van der Waals surface area (Å²) in [6.45, 7) is 0. The Bertz CT molecular complexity index is 625. The van der Waals surface area contributed by atoms with Crippen LogP contribution in [0.2, 0.25) is 0 Å². The highest BCUT2D eigenvalue weighted by atomic mass is 35.5. The van der Waals surface area contributed by atoms with Crippen molar-refractivity contribution in [3.8, 4) is 5.88 Å². The molecule has 4 bridgehead atoms. The van der Waals surface area contributed by atoms with Crippen molar-refractivity contribution < 1.29 is 14.6 Å². The van der Waals surface area contributed by atoms with Crippen molar-refractivity contribution >= 4 is 17.7 Å². The highest BCUT2D eigenvalue weighted by Gasteiger charge is 2.56. The van der Waals surface area contributed by atoms with E-state index in [9.17, 15) is 9.90 Å². The Balaban J connectivity index is 1.60. The van der Waals surface area contributed by atoms with E-state index < -0.39 is 5.60 Å². The van der Waals surface area contributed by atoms with Gasteiger partial charge in [0.25, 0.3) is 5.91 Å². The van der Waals surface area contributed by atoms with Gasteiger partial charge in [0.2, 0.25) is 5.88 Å². The number of aliphatic hydroxyl groups is 1. The minimum Gasteiger partial charge on any atom is -0.480 e. The first kappa shape index (κ1) is 15.1. The molecule has 1 heterocycles. The third-order valence-electron chi connectivity index (χ3n) is 5.75. The van der Waals surface area contributed by atoms with Crippen molar-refractivity contribution in [1.29, 1.82) is 0 Å². The summed E-state index contributed by atoms with van der Waals surface area (Å²) in [5.41, 5.74) is -0.265. The van der Waals surface area contributed by atoms with Crippen molar-refractivity contribution in [3.63, 3.8) is 0 Å². The van der Waals surface area contributed by atoms with Crippen molar-refractivity contribution in [3.05, 3.63) is 18.1 Å². The number of hydrogen-bond donors (Lipinski definition) is 1. The zero-order valence-corrected chi connectivity index (χ0v) is 13.7. The molecule has 0 saturated heterocycles. The van der Waals surface area contributed by atoms with Crippen LogP contribution in [0.25, 0.3) is 0 Å². The lowest BCUT2D eigenvalue weighted by molar-refractivity contribution is -0.146. The van der Waals surface area contributed by atoms with Crippen LogP contribution in [0.3, 0.4) is 0 Å². The van der Waals surface area contributed by atoms with E-state index >= 15 is 0 Å². The zero-order valence-electron chi connectivity index (χ0n) is 13.0. The van der Waals surface area contributed by atoms with E-state index in [1.807, 2.05) is 0 Å². The highest BCUT2D eigenvalue weighted by molar-refractivity contribution is 6.24. The number of carbonyl (C=O) groups is 1. The highest BCUT2D eigenvalue weighted by Crippen LogP contribution is 2.57. The Labute approximate surface area is 139 Å². The molecule has 4 fully saturated rings. The summed E-state index contributed by atoms with van der Waals surface area (Å²) in [6.07, 6.45) is 7.25. The summed E-state index contributed by atoms with van der Waals surface area (Å²) in [5, 5.41) is 10.7. The van der Waals surface area contributed by atoms with E-state index in [1.165, 1.54) is 24.1 Å². The fraction of sp³-hybridized carbons (Fsp3) is 0.688. The van der Waals surface area contributed by atoms with Gasteiger partial charge in [-0.15, -0.1) is 0 Å². The Kier molecular flexibility index (Phi) is 3.50. The van der Waals surface area contributed by atoms with Crippen LogP contribution in [0, 0.1) is 17.8 Å². The first-order valence-electron chi connectivity index (χ1n) is 8.06. The fourth-order valence-electron chi connectivity index (χ4n) is 5.20. The number of hydrogen-bond acceptors (Lipinski definition) is 5. The predicted octanol–water partition coefficient (Wildman–Crippen LogP) is 2.02. The van der Waals surface area contributed by atoms with Gasteiger partial charge in [-0.3, -0.25) is 4.79 Å². The number of halogens is 1. The lowest BCUT2D eigenvalue weighted by Crippen LogP contribution is -2.60. The number of carbonyl (C=O) groups excluding carboxylic acids is 1. The van der Waals surface area contributed by atoms with Crippen molar-refractivity contribution in [2.75, 3.05) is 7.11 Å². The first-order valence-corrected chi connectivity index (χ1v) is 8.40.